The second-order valence-electron chi connectivity index (χ2n) is 2.43. The van der Waals surface area contributed by atoms with Gasteiger partial charge in [-0.15, -0.1) is 0 Å². The molecule has 2 N–H and O–H groups in total. The Balaban J connectivity index is 2.45. The fraction of sp³-hybridized carbons (Fsp3) is 0.333. The molecule has 1 aromatic rings. The molecule has 0 aromatic carbocycles. The Bertz CT molecular complexity index is 307. The van der Waals surface area contributed by atoms with Crippen LogP contribution in [0.15, 0.2) is 0 Å². The van der Waals surface area contributed by atoms with Crippen molar-refractivity contribution in [2.45, 2.75) is 13.0 Å². The summed E-state index contributed by atoms with van der Waals surface area (Å²) in [5.74, 6) is 0.0804. The second kappa shape index (κ2) is 2.47. The molecule has 11 heavy (non-hydrogen) atoms. The van der Waals surface area contributed by atoms with E-state index in [-0.39, 0.29) is 5.91 Å². The minimum atomic E-state index is 0.0804. The lowest BCUT2D eigenvalue weighted by atomic mass is 10.1. The molecule has 0 spiro atoms. The van der Waals surface area contributed by atoms with Gasteiger partial charge in [-0.1, -0.05) is 0 Å². The Morgan fingerprint density at radius 3 is 3.18 bits per heavy atom. The van der Waals surface area contributed by atoms with Crippen LogP contribution in [-0.2, 0) is 17.8 Å². The first kappa shape index (κ1) is 7.08. The monoisotopic (exact) mass is 263 g/mol. The van der Waals surface area contributed by atoms with Crippen LogP contribution in [0.2, 0.25) is 0 Å². The molecule has 2 rings (SSSR count). The van der Waals surface area contributed by atoms with Crippen molar-refractivity contribution >= 4 is 28.5 Å². The first-order chi connectivity index (χ1) is 5.27. The summed E-state index contributed by atoms with van der Waals surface area (Å²) >= 11 is 2.13. The van der Waals surface area contributed by atoms with Gasteiger partial charge in [-0.25, -0.2) is 0 Å². The van der Waals surface area contributed by atoms with E-state index in [0.29, 0.717) is 13.0 Å². The summed E-state index contributed by atoms with van der Waals surface area (Å²) in [7, 11) is 0. The molecule has 1 aliphatic rings. The Labute approximate surface area is 76.9 Å². The first-order valence-corrected chi connectivity index (χ1v) is 4.33. The Morgan fingerprint density at radius 2 is 2.36 bits per heavy atom. The van der Waals surface area contributed by atoms with Gasteiger partial charge >= 0.3 is 0 Å². The number of nitrogens with one attached hydrogen (secondary N) is 2. The third-order valence-corrected chi connectivity index (χ3v) is 2.59. The van der Waals surface area contributed by atoms with E-state index in [1.807, 2.05) is 0 Å². The van der Waals surface area contributed by atoms with Crippen molar-refractivity contribution in [2.24, 2.45) is 0 Å². The molecule has 1 aromatic heterocycles. The van der Waals surface area contributed by atoms with Crippen LogP contribution in [0.1, 0.15) is 11.3 Å². The zero-order valence-electron chi connectivity index (χ0n) is 5.65. The summed E-state index contributed by atoms with van der Waals surface area (Å²) in [6.07, 6.45) is 0.462. The summed E-state index contributed by atoms with van der Waals surface area (Å²) in [5.41, 5.74) is 2.09. The normalized spacial score (nSPS) is 15.9. The number of halogens is 1. The summed E-state index contributed by atoms with van der Waals surface area (Å²) in [6, 6.07) is 0. The van der Waals surface area contributed by atoms with Crippen molar-refractivity contribution < 1.29 is 4.79 Å². The number of hydrogen-bond donors (Lipinski definition) is 2. The van der Waals surface area contributed by atoms with Gasteiger partial charge in [-0.2, -0.15) is 5.10 Å². The highest BCUT2D eigenvalue weighted by Crippen LogP contribution is 2.16. The van der Waals surface area contributed by atoms with Crippen LogP contribution in [0.4, 0.5) is 0 Å². The van der Waals surface area contributed by atoms with E-state index < -0.39 is 0 Å². The van der Waals surface area contributed by atoms with Crippen molar-refractivity contribution in [3.8, 4) is 0 Å². The number of nitrogens with zero attached hydrogens (tertiary/aromatic N) is 1. The molecule has 4 nitrogen and oxygen atoms in total. The average Bonchev–Trinajstić information content (AvgIpc) is 2.33. The summed E-state index contributed by atoms with van der Waals surface area (Å²) in [6.45, 7) is 0.587. The van der Waals surface area contributed by atoms with Crippen molar-refractivity contribution in [2.75, 3.05) is 0 Å². The van der Waals surface area contributed by atoms with Crippen LogP contribution < -0.4 is 5.32 Å². The van der Waals surface area contributed by atoms with Gasteiger partial charge < -0.3 is 5.32 Å². The molecule has 0 radical (unpaired) electrons. The fourth-order valence-corrected chi connectivity index (χ4v) is 1.75. The summed E-state index contributed by atoms with van der Waals surface area (Å²) < 4.78 is 0.910. The third-order valence-electron chi connectivity index (χ3n) is 1.70. The van der Waals surface area contributed by atoms with Gasteiger partial charge in [0.2, 0.25) is 5.91 Å². The molecule has 0 aliphatic carbocycles. The van der Waals surface area contributed by atoms with Gasteiger partial charge in [0.05, 0.1) is 18.7 Å². The van der Waals surface area contributed by atoms with Gasteiger partial charge in [0.15, 0.2) is 0 Å². The number of amides is 1. The molecule has 0 saturated heterocycles. The van der Waals surface area contributed by atoms with Crippen LogP contribution in [0.3, 0.4) is 0 Å². The van der Waals surface area contributed by atoms with Crippen LogP contribution >= 0.6 is 22.6 Å². The van der Waals surface area contributed by atoms with Crippen LogP contribution in [0, 0.1) is 3.70 Å². The molecular weight excluding hydrogens is 257 g/mol. The van der Waals surface area contributed by atoms with E-state index in [4.69, 9.17) is 0 Å². The maximum Gasteiger partial charge on any atom is 0.224 e. The highest BCUT2D eigenvalue weighted by Gasteiger charge is 2.19. The first-order valence-electron chi connectivity index (χ1n) is 3.25. The minimum Gasteiger partial charge on any atom is -0.350 e. The minimum absolute atomic E-state index is 0.0804. The van der Waals surface area contributed by atoms with E-state index in [9.17, 15) is 4.79 Å². The van der Waals surface area contributed by atoms with Gasteiger partial charge in [-0.05, 0) is 22.6 Å². The molecule has 0 fully saturated rings. The van der Waals surface area contributed by atoms with Crippen molar-refractivity contribution in [3.63, 3.8) is 0 Å². The summed E-state index contributed by atoms with van der Waals surface area (Å²) in [5, 5.41) is 9.61. The number of fused-ring (bicyclic) bond motifs is 1. The Morgan fingerprint density at radius 1 is 1.55 bits per heavy atom. The standard InChI is InChI=1S/C6H6IN3O/c7-6-3-1-5(11)8-2-4(3)9-10-6/h1-2H2,(H,8,11)(H,9,10). The van der Waals surface area contributed by atoms with Crippen molar-refractivity contribution in [1.29, 1.82) is 0 Å². The average molecular weight is 263 g/mol. The molecule has 2 heterocycles. The quantitative estimate of drug-likeness (QED) is 0.656. The maximum atomic E-state index is 10.9. The summed E-state index contributed by atoms with van der Waals surface area (Å²) in [4.78, 5) is 10.9. The number of H-pyrrole nitrogens is 1. The molecule has 0 atom stereocenters. The lowest BCUT2D eigenvalue weighted by Crippen LogP contribution is -2.30. The van der Waals surface area contributed by atoms with Gasteiger partial charge in [0, 0.05) is 5.56 Å². The van der Waals surface area contributed by atoms with E-state index in [2.05, 4.69) is 38.1 Å². The largest absolute Gasteiger partial charge is 0.350 e. The zero-order chi connectivity index (χ0) is 7.84. The van der Waals surface area contributed by atoms with Crippen molar-refractivity contribution in [3.05, 3.63) is 15.0 Å². The SMILES string of the molecule is O=C1Cc2c(I)n[nH]c2CN1. The van der Waals surface area contributed by atoms with Gasteiger partial charge in [-0.3, -0.25) is 9.89 Å². The van der Waals surface area contributed by atoms with Crippen LogP contribution in [-0.4, -0.2) is 16.1 Å². The van der Waals surface area contributed by atoms with Gasteiger partial charge in [0.1, 0.15) is 3.70 Å². The second-order valence-corrected chi connectivity index (χ2v) is 3.45. The Hall–Kier alpha value is -0.590. The van der Waals surface area contributed by atoms with E-state index in [1.165, 1.54) is 0 Å². The number of hydrogen-bond acceptors (Lipinski definition) is 2. The Kier molecular flexibility index (Phi) is 1.59. The number of aromatic nitrogens is 2. The molecule has 5 heteroatoms. The smallest absolute Gasteiger partial charge is 0.224 e. The molecule has 1 aliphatic heterocycles. The number of carbonyl (C=O) groups is 1. The van der Waals surface area contributed by atoms with E-state index in [0.717, 1.165) is 15.0 Å². The fourth-order valence-electron chi connectivity index (χ4n) is 1.11. The van der Waals surface area contributed by atoms with E-state index >= 15 is 0 Å². The molecule has 0 bridgehead atoms. The lowest BCUT2D eigenvalue weighted by molar-refractivity contribution is -0.121. The van der Waals surface area contributed by atoms with Crippen LogP contribution in [0.5, 0.6) is 0 Å². The molecule has 0 saturated carbocycles. The van der Waals surface area contributed by atoms with Crippen molar-refractivity contribution in [1.82, 2.24) is 15.5 Å². The van der Waals surface area contributed by atoms with E-state index in [1.54, 1.807) is 0 Å². The molecule has 0 unspecified atom stereocenters. The topological polar surface area (TPSA) is 57.8 Å². The van der Waals surface area contributed by atoms with Crippen LogP contribution in [0.25, 0.3) is 0 Å². The lowest BCUT2D eigenvalue weighted by Gasteiger charge is -2.10. The highest BCUT2D eigenvalue weighted by molar-refractivity contribution is 14.1. The number of aromatic amines is 1. The number of rotatable bonds is 0. The third kappa shape index (κ3) is 1.13. The molecule has 58 valence electrons. The zero-order valence-corrected chi connectivity index (χ0v) is 7.81. The predicted molar refractivity (Wildman–Crippen MR) is 46.9 cm³/mol. The molecule has 1 amide bonds. The highest BCUT2D eigenvalue weighted by atomic mass is 127. The maximum absolute atomic E-state index is 10.9. The predicted octanol–water partition coefficient (Wildman–Crippen LogP) is 0.187. The molecular formula is C6H6IN3O. The number of carbonyl (C=O) groups excluding carboxylic acids is 1. The van der Waals surface area contributed by atoms with Gasteiger partial charge in [0.25, 0.3) is 0 Å².